The molecule has 0 fully saturated rings. The minimum atomic E-state index is -1.08. The Morgan fingerprint density at radius 3 is 0.947 bits per heavy atom. The number of aliphatic carboxylic acids is 4. The van der Waals surface area contributed by atoms with Crippen LogP contribution in [-0.2, 0) is 19.2 Å². The van der Waals surface area contributed by atoms with E-state index in [1.54, 1.807) is 0 Å². The summed E-state index contributed by atoms with van der Waals surface area (Å²) in [5.41, 5.74) is 0. The molecule has 0 saturated heterocycles. The van der Waals surface area contributed by atoms with Gasteiger partial charge >= 0.3 is 23.9 Å². The van der Waals surface area contributed by atoms with Crippen molar-refractivity contribution in [3.05, 3.63) is 0 Å². The van der Waals surface area contributed by atoms with Gasteiger partial charge in [-0.3, -0.25) is 19.2 Å². The van der Waals surface area contributed by atoms with E-state index in [2.05, 4.69) is 0 Å². The maximum absolute atomic E-state index is 9.98. The zero-order valence-electron chi connectivity index (χ0n) is 10.4. The minimum Gasteiger partial charge on any atom is -0.481 e. The van der Waals surface area contributed by atoms with E-state index in [1.165, 1.54) is 0 Å². The van der Waals surface area contributed by atoms with Crippen molar-refractivity contribution < 1.29 is 39.6 Å². The molecule has 0 spiro atoms. The lowest BCUT2D eigenvalue weighted by Gasteiger charge is -1.94. The number of unbranched alkanes of at least 4 members (excludes halogenated alkanes) is 2. The fraction of sp³-hybridized carbons (Fsp3) is 0.636. The van der Waals surface area contributed by atoms with Crippen LogP contribution in [0.5, 0.6) is 0 Å². The summed E-state index contributed by atoms with van der Waals surface area (Å²) < 4.78 is 0. The zero-order chi connectivity index (χ0) is 15.3. The summed E-state index contributed by atoms with van der Waals surface area (Å²) in [6.45, 7) is 0. The Bertz CT molecular complexity index is 280. The van der Waals surface area contributed by atoms with Crippen molar-refractivity contribution in [1.29, 1.82) is 0 Å². The smallest absolute Gasteiger partial charge is 0.303 e. The molecule has 0 unspecified atom stereocenters. The molecule has 4 N–H and O–H groups in total. The first-order chi connectivity index (χ1) is 8.75. The number of hydrogen-bond donors (Lipinski definition) is 4. The Balaban J connectivity index is 0. The van der Waals surface area contributed by atoms with E-state index in [4.69, 9.17) is 20.4 Å². The van der Waals surface area contributed by atoms with Crippen molar-refractivity contribution in [1.82, 2.24) is 0 Å². The van der Waals surface area contributed by atoms with Crippen LogP contribution in [0, 0.1) is 0 Å². The molecule has 19 heavy (non-hydrogen) atoms. The zero-order valence-corrected chi connectivity index (χ0v) is 10.4. The van der Waals surface area contributed by atoms with Gasteiger partial charge in [0.2, 0.25) is 0 Å². The van der Waals surface area contributed by atoms with Crippen LogP contribution in [0.15, 0.2) is 0 Å². The third kappa shape index (κ3) is 25.8. The van der Waals surface area contributed by atoms with E-state index in [-0.39, 0.29) is 25.7 Å². The second-order valence-corrected chi connectivity index (χ2v) is 3.64. The standard InChI is InChI=1S/C7H12O4.C4H6O4/c8-6(9)4-2-1-3-5-7(10)11;5-3(6)1-2-4(7)8/h1-5H2,(H,8,9)(H,10,11);1-2H2,(H,5,6)(H,7,8). The Hall–Kier alpha value is -2.12. The molecule has 0 heterocycles. The summed E-state index contributed by atoms with van der Waals surface area (Å²) in [6.07, 6.45) is 1.51. The van der Waals surface area contributed by atoms with Crippen molar-refractivity contribution in [3.8, 4) is 0 Å². The second-order valence-electron chi connectivity index (χ2n) is 3.64. The fourth-order valence-corrected chi connectivity index (χ4v) is 0.943. The Morgan fingerprint density at radius 2 is 0.737 bits per heavy atom. The van der Waals surface area contributed by atoms with Crippen LogP contribution in [0.4, 0.5) is 0 Å². The number of carboxylic acids is 4. The molecular weight excluding hydrogens is 260 g/mol. The molecule has 110 valence electrons. The second kappa shape index (κ2) is 12.3. The molecular formula is C11H18O8. The maximum atomic E-state index is 9.98. The monoisotopic (exact) mass is 278 g/mol. The van der Waals surface area contributed by atoms with Gasteiger partial charge in [0.15, 0.2) is 0 Å². The van der Waals surface area contributed by atoms with Gasteiger partial charge in [-0.05, 0) is 12.8 Å². The van der Waals surface area contributed by atoms with E-state index in [1.807, 2.05) is 0 Å². The van der Waals surface area contributed by atoms with Crippen molar-refractivity contribution in [2.24, 2.45) is 0 Å². The number of rotatable bonds is 9. The van der Waals surface area contributed by atoms with Gasteiger partial charge in [-0.2, -0.15) is 0 Å². The van der Waals surface area contributed by atoms with E-state index in [9.17, 15) is 19.2 Å². The van der Waals surface area contributed by atoms with Gasteiger partial charge in [0, 0.05) is 12.8 Å². The molecule has 0 aliphatic heterocycles. The van der Waals surface area contributed by atoms with Crippen LogP contribution >= 0.6 is 0 Å². The molecule has 0 aliphatic carbocycles. The molecule has 0 bridgehead atoms. The molecule has 0 radical (unpaired) electrons. The molecule has 0 aromatic heterocycles. The van der Waals surface area contributed by atoms with Crippen LogP contribution in [0.25, 0.3) is 0 Å². The molecule has 8 nitrogen and oxygen atoms in total. The summed E-state index contributed by atoms with van der Waals surface area (Å²) in [5.74, 6) is -3.79. The average molecular weight is 278 g/mol. The van der Waals surface area contributed by atoms with Gasteiger partial charge in [0.1, 0.15) is 0 Å². The lowest BCUT2D eigenvalue weighted by molar-refractivity contribution is -0.143. The molecule has 0 aromatic rings. The quantitative estimate of drug-likeness (QED) is 0.457. The van der Waals surface area contributed by atoms with Gasteiger partial charge in [-0.15, -0.1) is 0 Å². The number of hydrogen-bond acceptors (Lipinski definition) is 4. The van der Waals surface area contributed by atoms with Gasteiger partial charge < -0.3 is 20.4 Å². The summed E-state index contributed by atoms with van der Waals surface area (Å²) in [6, 6.07) is 0. The highest BCUT2D eigenvalue weighted by Crippen LogP contribution is 2.02. The molecule has 0 rings (SSSR count). The Labute approximate surface area is 109 Å². The highest BCUT2D eigenvalue weighted by atomic mass is 16.4. The lowest BCUT2D eigenvalue weighted by atomic mass is 10.1. The van der Waals surface area contributed by atoms with E-state index in [0.29, 0.717) is 19.3 Å². The minimum absolute atomic E-state index is 0.139. The third-order valence-corrected chi connectivity index (χ3v) is 1.83. The molecule has 0 saturated carbocycles. The average Bonchev–Trinajstić information content (AvgIpc) is 2.26. The molecule has 0 aliphatic rings. The fourth-order valence-electron chi connectivity index (χ4n) is 0.943. The SMILES string of the molecule is O=C(O)CCC(=O)O.O=C(O)CCCCCC(=O)O. The van der Waals surface area contributed by atoms with Gasteiger partial charge in [0.05, 0.1) is 12.8 Å². The predicted molar refractivity (Wildman–Crippen MR) is 62.9 cm³/mol. The highest BCUT2D eigenvalue weighted by molar-refractivity contribution is 5.75. The number of carbonyl (C=O) groups is 4. The number of carboxylic acid groups (broad SMARTS) is 4. The van der Waals surface area contributed by atoms with Crippen LogP contribution in [0.3, 0.4) is 0 Å². The lowest BCUT2D eigenvalue weighted by Crippen LogP contribution is -2.00. The van der Waals surface area contributed by atoms with Gasteiger partial charge in [-0.1, -0.05) is 6.42 Å². The largest absolute Gasteiger partial charge is 0.481 e. The van der Waals surface area contributed by atoms with Crippen molar-refractivity contribution in [2.75, 3.05) is 0 Å². The third-order valence-electron chi connectivity index (χ3n) is 1.83. The van der Waals surface area contributed by atoms with Crippen LogP contribution in [0.2, 0.25) is 0 Å². The first-order valence-corrected chi connectivity index (χ1v) is 5.63. The molecule has 0 aromatic carbocycles. The van der Waals surface area contributed by atoms with E-state index in [0.717, 1.165) is 0 Å². The summed E-state index contributed by atoms with van der Waals surface area (Å²) in [4.78, 5) is 39.2. The topological polar surface area (TPSA) is 149 Å². The van der Waals surface area contributed by atoms with Crippen LogP contribution < -0.4 is 0 Å². The summed E-state index contributed by atoms with van der Waals surface area (Å²) in [7, 11) is 0. The van der Waals surface area contributed by atoms with Crippen molar-refractivity contribution in [2.45, 2.75) is 44.9 Å². The first-order valence-electron chi connectivity index (χ1n) is 5.63. The van der Waals surface area contributed by atoms with E-state index < -0.39 is 23.9 Å². The Kier molecular flexibility index (Phi) is 12.5. The molecule has 0 atom stereocenters. The van der Waals surface area contributed by atoms with Gasteiger partial charge in [0.25, 0.3) is 0 Å². The normalized spacial score (nSPS) is 9.05. The van der Waals surface area contributed by atoms with Crippen LogP contribution in [0.1, 0.15) is 44.9 Å². The van der Waals surface area contributed by atoms with Crippen LogP contribution in [-0.4, -0.2) is 44.3 Å². The summed E-state index contributed by atoms with van der Waals surface area (Å²) >= 11 is 0. The maximum Gasteiger partial charge on any atom is 0.303 e. The van der Waals surface area contributed by atoms with Crippen molar-refractivity contribution in [3.63, 3.8) is 0 Å². The first kappa shape index (κ1) is 19.2. The summed E-state index contributed by atoms with van der Waals surface area (Å²) in [5, 5.41) is 32.2. The predicted octanol–water partition coefficient (Wildman–Crippen LogP) is 1.04. The highest BCUT2D eigenvalue weighted by Gasteiger charge is 2.00. The molecule has 8 heteroatoms. The molecule has 0 amide bonds. The van der Waals surface area contributed by atoms with Crippen molar-refractivity contribution >= 4 is 23.9 Å². The Morgan fingerprint density at radius 1 is 0.474 bits per heavy atom. The van der Waals surface area contributed by atoms with E-state index >= 15 is 0 Å². The van der Waals surface area contributed by atoms with Gasteiger partial charge in [-0.25, -0.2) is 0 Å².